The molecule has 25 heavy (non-hydrogen) atoms. The zero-order valence-corrected chi connectivity index (χ0v) is 15.3. The normalized spacial score (nSPS) is 20.2. The molecule has 0 aromatic heterocycles. The first kappa shape index (κ1) is 17.7. The minimum absolute atomic E-state index is 0.0550. The molecule has 3 rings (SSSR count). The van der Waals surface area contributed by atoms with Gasteiger partial charge in [-0.2, -0.15) is 5.10 Å². The van der Waals surface area contributed by atoms with E-state index in [0.29, 0.717) is 18.8 Å². The minimum atomic E-state index is -3.73. The number of anilines is 1. The van der Waals surface area contributed by atoms with Gasteiger partial charge in [0.15, 0.2) is 0 Å². The van der Waals surface area contributed by atoms with Gasteiger partial charge in [-0.05, 0) is 44.0 Å². The number of nitrogens with one attached hydrogen (secondary N) is 1. The largest absolute Gasteiger partial charge is 0.399 e. The zero-order chi connectivity index (χ0) is 17.9. The monoisotopic (exact) mass is 363 g/mol. The number of hydrogen-bond donors (Lipinski definition) is 2. The lowest BCUT2D eigenvalue weighted by Gasteiger charge is -2.31. The summed E-state index contributed by atoms with van der Waals surface area (Å²) in [6, 6.07) is 6.10. The van der Waals surface area contributed by atoms with Crippen LogP contribution in [0.25, 0.3) is 0 Å². The standard InChI is InChI=1S/C17H25N5O2S/c1-2-19-16(21-25(23,24)15-8-6-14(18)7-9-15)22-13-17(12-20-22)10-4-3-5-11-17/h6-9,12H,2-5,10-11,13,18H2,1H3,(H,19,21). The van der Waals surface area contributed by atoms with E-state index in [4.69, 9.17) is 5.73 Å². The van der Waals surface area contributed by atoms with Gasteiger partial charge in [0.25, 0.3) is 10.0 Å². The van der Waals surface area contributed by atoms with Gasteiger partial charge in [-0.15, -0.1) is 0 Å². The molecular weight excluding hydrogens is 338 g/mol. The summed E-state index contributed by atoms with van der Waals surface area (Å²) in [4.78, 5) is 4.48. The lowest BCUT2D eigenvalue weighted by Crippen LogP contribution is -2.43. The number of guanidine groups is 1. The van der Waals surface area contributed by atoms with Crippen molar-refractivity contribution in [2.75, 3.05) is 18.8 Å². The van der Waals surface area contributed by atoms with Crippen LogP contribution in [0.1, 0.15) is 39.0 Å². The summed E-state index contributed by atoms with van der Waals surface area (Å²) in [5.74, 6) is 0.276. The van der Waals surface area contributed by atoms with Gasteiger partial charge in [0.1, 0.15) is 0 Å². The minimum Gasteiger partial charge on any atom is -0.399 e. The predicted octanol–water partition coefficient (Wildman–Crippen LogP) is 2.17. The second kappa shape index (κ2) is 7.03. The summed E-state index contributed by atoms with van der Waals surface area (Å²) in [6.45, 7) is 3.02. The summed E-state index contributed by atoms with van der Waals surface area (Å²) < 4.78 is 27.9. The van der Waals surface area contributed by atoms with Crippen molar-refractivity contribution in [3.8, 4) is 0 Å². The highest BCUT2D eigenvalue weighted by molar-refractivity contribution is 7.90. The van der Waals surface area contributed by atoms with Gasteiger partial charge in [0.2, 0.25) is 5.96 Å². The van der Waals surface area contributed by atoms with Crippen LogP contribution in [0.5, 0.6) is 0 Å². The molecule has 136 valence electrons. The molecule has 1 aliphatic heterocycles. The number of benzene rings is 1. The maximum atomic E-state index is 12.6. The highest BCUT2D eigenvalue weighted by Gasteiger charge is 2.38. The Bertz CT molecular complexity index is 765. The van der Waals surface area contributed by atoms with E-state index in [-0.39, 0.29) is 16.3 Å². The van der Waals surface area contributed by atoms with E-state index in [2.05, 4.69) is 14.8 Å². The third-order valence-corrected chi connectivity index (χ3v) is 6.10. The number of rotatable bonds is 3. The zero-order valence-electron chi connectivity index (χ0n) is 14.5. The number of sulfonamides is 1. The molecule has 1 heterocycles. The smallest absolute Gasteiger partial charge is 0.264 e. The van der Waals surface area contributed by atoms with Crippen molar-refractivity contribution in [3.63, 3.8) is 0 Å². The fraction of sp³-hybridized carbons (Fsp3) is 0.529. The third kappa shape index (κ3) is 3.95. The molecule has 0 atom stereocenters. The third-order valence-electron chi connectivity index (χ3n) is 4.75. The summed E-state index contributed by atoms with van der Waals surface area (Å²) in [6.07, 6.45) is 7.81. The van der Waals surface area contributed by atoms with Crippen molar-refractivity contribution < 1.29 is 8.42 Å². The summed E-state index contributed by atoms with van der Waals surface area (Å²) in [5, 5.41) is 6.14. The molecule has 2 aliphatic rings. The van der Waals surface area contributed by atoms with Gasteiger partial charge >= 0.3 is 0 Å². The first-order valence-electron chi connectivity index (χ1n) is 8.70. The SMILES string of the molecule is CCN=C(NS(=O)(=O)c1ccc(N)cc1)N1CC2(C=N1)CCCCC2. The van der Waals surface area contributed by atoms with Crippen LogP contribution in [-0.4, -0.2) is 38.7 Å². The molecule has 1 aliphatic carbocycles. The molecule has 7 nitrogen and oxygen atoms in total. The van der Waals surface area contributed by atoms with Gasteiger partial charge in [-0.25, -0.2) is 18.1 Å². The number of aliphatic imine (C=N–C) groups is 1. The Morgan fingerprint density at radius 2 is 1.96 bits per heavy atom. The predicted molar refractivity (Wildman–Crippen MR) is 99.9 cm³/mol. The van der Waals surface area contributed by atoms with Crippen LogP contribution < -0.4 is 10.5 Å². The topological polar surface area (TPSA) is 100 Å². The van der Waals surface area contributed by atoms with E-state index < -0.39 is 10.0 Å². The van der Waals surface area contributed by atoms with E-state index in [0.717, 1.165) is 12.8 Å². The Kier molecular flexibility index (Phi) is 4.99. The highest BCUT2D eigenvalue weighted by Crippen LogP contribution is 2.38. The van der Waals surface area contributed by atoms with Crippen LogP contribution in [-0.2, 0) is 10.0 Å². The second-order valence-electron chi connectivity index (χ2n) is 6.70. The summed E-state index contributed by atoms with van der Waals surface area (Å²) in [7, 11) is -3.73. The molecular formula is C17H25N5O2S. The number of hydrogen-bond acceptors (Lipinski definition) is 5. The molecule has 1 spiro atoms. The second-order valence-corrected chi connectivity index (χ2v) is 8.38. The van der Waals surface area contributed by atoms with Crippen molar-refractivity contribution in [2.45, 2.75) is 43.9 Å². The van der Waals surface area contributed by atoms with Crippen LogP contribution in [0.2, 0.25) is 0 Å². The van der Waals surface area contributed by atoms with E-state index in [1.807, 2.05) is 13.1 Å². The fourth-order valence-corrected chi connectivity index (χ4v) is 4.41. The van der Waals surface area contributed by atoms with Crippen molar-refractivity contribution in [2.24, 2.45) is 15.5 Å². The lowest BCUT2D eigenvalue weighted by atomic mass is 9.75. The number of nitrogen functional groups attached to an aromatic ring is 1. The molecule has 1 fully saturated rings. The number of nitrogens with zero attached hydrogens (tertiary/aromatic N) is 3. The Morgan fingerprint density at radius 1 is 1.28 bits per heavy atom. The van der Waals surface area contributed by atoms with Gasteiger partial charge in [-0.3, -0.25) is 4.99 Å². The maximum Gasteiger partial charge on any atom is 0.264 e. The Balaban J connectivity index is 1.77. The average Bonchev–Trinajstić information content (AvgIpc) is 2.99. The van der Waals surface area contributed by atoms with E-state index in [1.165, 1.54) is 31.4 Å². The molecule has 1 saturated carbocycles. The fourth-order valence-electron chi connectivity index (χ4n) is 3.39. The van der Waals surface area contributed by atoms with Gasteiger partial charge < -0.3 is 5.73 Å². The molecule has 0 saturated heterocycles. The maximum absolute atomic E-state index is 12.6. The van der Waals surface area contributed by atoms with Crippen molar-refractivity contribution in [3.05, 3.63) is 24.3 Å². The summed E-state index contributed by atoms with van der Waals surface area (Å²) >= 11 is 0. The van der Waals surface area contributed by atoms with Gasteiger partial charge in [0.05, 0.1) is 11.4 Å². The molecule has 0 unspecified atom stereocenters. The van der Waals surface area contributed by atoms with Crippen LogP contribution in [0.15, 0.2) is 39.3 Å². The first-order valence-corrected chi connectivity index (χ1v) is 10.2. The first-order chi connectivity index (χ1) is 11.9. The summed E-state index contributed by atoms with van der Waals surface area (Å²) in [5.41, 5.74) is 6.20. The van der Waals surface area contributed by atoms with Crippen LogP contribution in [0, 0.1) is 5.41 Å². The molecule has 1 aromatic rings. The van der Waals surface area contributed by atoms with Crippen LogP contribution in [0.3, 0.4) is 0 Å². The average molecular weight is 363 g/mol. The van der Waals surface area contributed by atoms with Crippen molar-refractivity contribution in [1.82, 2.24) is 9.73 Å². The number of nitrogens with two attached hydrogens (primary N) is 1. The Morgan fingerprint density at radius 3 is 2.60 bits per heavy atom. The van der Waals surface area contributed by atoms with Crippen molar-refractivity contribution in [1.29, 1.82) is 0 Å². The molecule has 3 N–H and O–H groups in total. The molecule has 8 heteroatoms. The molecule has 1 aromatic carbocycles. The quantitative estimate of drug-likeness (QED) is 0.488. The molecule has 0 radical (unpaired) electrons. The highest BCUT2D eigenvalue weighted by atomic mass is 32.2. The van der Waals surface area contributed by atoms with E-state index >= 15 is 0 Å². The van der Waals surface area contributed by atoms with Crippen LogP contribution in [0.4, 0.5) is 5.69 Å². The Hall–Kier alpha value is -2.09. The van der Waals surface area contributed by atoms with Gasteiger partial charge in [0, 0.05) is 23.9 Å². The number of hydrazone groups is 1. The van der Waals surface area contributed by atoms with Crippen molar-refractivity contribution >= 4 is 27.9 Å². The molecule has 0 amide bonds. The van der Waals surface area contributed by atoms with Crippen LogP contribution >= 0.6 is 0 Å². The Labute approximate surface area is 149 Å². The van der Waals surface area contributed by atoms with E-state index in [9.17, 15) is 8.42 Å². The molecule has 0 bridgehead atoms. The lowest BCUT2D eigenvalue weighted by molar-refractivity contribution is 0.253. The van der Waals surface area contributed by atoms with Gasteiger partial charge in [-0.1, -0.05) is 19.3 Å². The van der Waals surface area contributed by atoms with E-state index in [1.54, 1.807) is 17.1 Å².